The number of hydrogen-bond donors (Lipinski definition) is 1. The standard InChI is InChI=1S/C27H22Cl2N2O4S/c1-19-7-5-6-10-25(19)31(36(33,34)23-14-11-20(28)12-15-23)18-27(32)30-24-17-21(29)13-16-26(24)35-22-8-3-2-4-9-22/h2-17H,18H2,1H3,(H,30,32). The van der Waals surface area contributed by atoms with Crippen molar-refractivity contribution in [3.63, 3.8) is 0 Å². The number of halogens is 2. The number of benzene rings is 4. The Bertz CT molecular complexity index is 1480. The van der Waals surface area contributed by atoms with Crippen LogP contribution in [-0.2, 0) is 14.8 Å². The van der Waals surface area contributed by atoms with Crippen LogP contribution in [0.5, 0.6) is 11.5 Å². The van der Waals surface area contributed by atoms with Crippen LogP contribution in [0.15, 0.2) is 102 Å². The molecule has 0 unspecified atom stereocenters. The lowest BCUT2D eigenvalue weighted by molar-refractivity contribution is -0.114. The minimum atomic E-state index is -4.09. The number of anilines is 2. The van der Waals surface area contributed by atoms with Gasteiger partial charge in [-0.15, -0.1) is 0 Å². The van der Waals surface area contributed by atoms with Crippen LogP contribution in [0.25, 0.3) is 0 Å². The molecular weight excluding hydrogens is 519 g/mol. The number of aryl methyl sites for hydroxylation is 1. The first-order valence-corrected chi connectivity index (χ1v) is 13.1. The molecule has 0 fully saturated rings. The van der Waals surface area contributed by atoms with Crippen LogP contribution in [0.3, 0.4) is 0 Å². The van der Waals surface area contributed by atoms with Gasteiger partial charge in [0.1, 0.15) is 12.3 Å². The van der Waals surface area contributed by atoms with E-state index in [0.29, 0.717) is 38.5 Å². The fraction of sp³-hybridized carbons (Fsp3) is 0.0741. The molecule has 36 heavy (non-hydrogen) atoms. The van der Waals surface area contributed by atoms with E-state index in [1.54, 1.807) is 61.5 Å². The highest BCUT2D eigenvalue weighted by Crippen LogP contribution is 2.33. The van der Waals surface area contributed by atoms with E-state index < -0.39 is 22.5 Å². The molecule has 0 saturated heterocycles. The Balaban J connectivity index is 1.65. The fourth-order valence-corrected chi connectivity index (χ4v) is 5.28. The van der Waals surface area contributed by atoms with E-state index in [4.69, 9.17) is 27.9 Å². The largest absolute Gasteiger partial charge is 0.455 e. The van der Waals surface area contributed by atoms with E-state index in [1.165, 1.54) is 24.3 Å². The average Bonchev–Trinajstić information content (AvgIpc) is 2.86. The van der Waals surface area contributed by atoms with E-state index in [-0.39, 0.29) is 4.90 Å². The van der Waals surface area contributed by atoms with Gasteiger partial charge in [0.2, 0.25) is 5.91 Å². The third kappa shape index (κ3) is 5.99. The lowest BCUT2D eigenvalue weighted by Crippen LogP contribution is -2.38. The third-order valence-electron chi connectivity index (χ3n) is 5.26. The van der Waals surface area contributed by atoms with Crippen molar-refractivity contribution in [3.8, 4) is 11.5 Å². The minimum absolute atomic E-state index is 0.0128. The number of rotatable bonds is 8. The van der Waals surface area contributed by atoms with Crippen LogP contribution in [0.2, 0.25) is 10.0 Å². The molecule has 0 aliphatic heterocycles. The van der Waals surface area contributed by atoms with Gasteiger partial charge in [0.05, 0.1) is 16.3 Å². The average molecular weight is 541 g/mol. The molecule has 4 aromatic rings. The molecule has 0 heterocycles. The zero-order chi connectivity index (χ0) is 25.7. The van der Waals surface area contributed by atoms with Gasteiger partial charge in [-0.2, -0.15) is 0 Å². The van der Waals surface area contributed by atoms with Crippen molar-refractivity contribution in [2.24, 2.45) is 0 Å². The van der Waals surface area contributed by atoms with Gasteiger partial charge in [-0.25, -0.2) is 8.42 Å². The quantitative estimate of drug-likeness (QED) is 0.263. The smallest absolute Gasteiger partial charge is 0.264 e. The van der Waals surface area contributed by atoms with Gasteiger partial charge in [0.25, 0.3) is 10.0 Å². The molecular formula is C27H22Cl2N2O4S. The van der Waals surface area contributed by atoms with Crippen molar-refractivity contribution >= 4 is 50.5 Å². The van der Waals surface area contributed by atoms with Gasteiger partial charge in [-0.3, -0.25) is 9.10 Å². The molecule has 1 N–H and O–H groups in total. The lowest BCUT2D eigenvalue weighted by atomic mass is 10.2. The lowest BCUT2D eigenvalue weighted by Gasteiger charge is -2.26. The van der Waals surface area contributed by atoms with Crippen molar-refractivity contribution < 1.29 is 17.9 Å². The van der Waals surface area contributed by atoms with E-state index in [2.05, 4.69) is 5.32 Å². The molecule has 0 spiro atoms. The Labute approximate surface area is 220 Å². The summed E-state index contributed by atoms with van der Waals surface area (Å²) in [6.07, 6.45) is 0. The summed E-state index contributed by atoms with van der Waals surface area (Å²) >= 11 is 12.1. The van der Waals surface area contributed by atoms with Crippen LogP contribution >= 0.6 is 23.2 Å². The van der Waals surface area contributed by atoms with Crippen molar-refractivity contribution in [2.45, 2.75) is 11.8 Å². The van der Waals surface area contributed by atoms with E-state index in [1.807, 2.05) is 18.2 Å². The predicted molar refractivity (Wildman–Crippen MR) is 144 cm³/mol. The van der Waals surface area contributed by atoms with Crippen molar-refractivity contribution in [1.29, 1.82) is 0 Å². The Morgan fingerprint density at radius 1 is 0.861 bits per heavy atom. The Morgan fingerprint density at radius 2 is 1.50 bits per heavy atom. The van der Waals surface area contributed by atoms with Gasteiger partial charge in [0.15, 0.2) is 5.75 Å². The molecule has 0 aromatic heterocycles. The van der Waals surface area contributed by atoms with Crippen molar-refractivity contribution in [1.82, 2.24) is 0 Å². The van der Waals surface area contributed by atoms with Crippen LogP contribution in [0.1, 0.15) is 5.56 Å². The third-order valence-corrected chi connectivity index (χ3v) is 7.52. The second-order valence-electron chi connectivity index (χ2n) is 7.86. The maximum atomic E-state index is 13.6. The predicted octanol–water partition coefficient (Wildman–Crippen LogP) is 6.93. The zero-order valence-corrected chi connectivity index (χ0v) is 21.5. The topological polar surface area (TPSA) is 75.7 Å². The highest BCUT2D eigenvalue weighted by atomic mass is 35.5. The van der Waals surface area contributed by atoms with E-state index in [0.717, 1.165) is 4.31 Å². The van der Waals surface area contributed by atoms with Crippen molar-refractivity contribution in [3.05, 3.63) is 113 Å². The molecule has 0 radical (unpaired) electrons. The monoisotopic (exact) mass is 540 g/mol. The van der Waals surface area contributed by atoms with Crippen LogP contribution in [0, 0.1) is 6.92 Å². The molecule has 0 aliphatic rings. The zero-order valence-electron chi connectivity index (χ0n) is 19.2. The van der Waals surface area contributed by atoms with Crippen LogP contribution in [-0.4, -0.2) is 20.9 Å². The maximum Gasteiger partial charge on any atom is 0.264 e. The molecule has 6 nitrogen and oxygen atoms in total. The molecule has 4 rings (SSSR count). The number of hydrogen-bond acceptors (Lipinski definition) is 4. The molecule has 0 atom stereocenters. The summed E-state index contributed by atoms with van der Waals surface area (Å²) in [6.45, 7) is 1.30. The molecule has 0 bridgehead atoms. The summed E-state index contributed by atoms with van der Waals surface area (Å²) < 4.78 is 34.2. The normalized spacial score (nSPS) is 11.1. The second kappa shape index (κ2) is 11.0. The van der Waals surface area contributed by atoms with E-state index >= 15 is 0 Å². The maximum absolute atomic E-state index is 13.6. The number of sulfonamides is 1. The number of amides is 1. The molecule has 0 aliphatic carbocycles. The highest BCUT2D eigenvalue weighted by molar-refractivity contribution is 7.92. The van der Waals surface area contributed by atoms with Gasteiger partial charge < -0.3 is 10.1 Å². The first-order valence-electron chi connectivity index (χ1n) is 10.9. The van der Waals surface area contributed by atoms with E-state index in [9.17, 15) is 13.2 Å². The molecule has 1 amide bonds. The van der Waals surface area contributed by atoms with Gasteiger partial charge in [-0.1, -0.05) is 59.6 Å². The molecule has 9 heteroatoms. The highest BCUT2D eigenvalue weighted by Gasteiger charge is 2.28. The SMILES string of the molecule is Cc1ccccc1N(CC(=O)Nc1cc(Cl)ccc1Oc1ccccc1)S(=O)(=O)c1ccc(Cl)cc1. The summed E-state index contributed by atoms with van der Waals surface area (Å²) in [5, 5.41) is 3.54. The van der Waals surface area contributed by atoms with Gasteiger partial charge in [-0.05, 0) is 73.2 Å². The molecule has 4 aromatic carbocycles. The second-order valence-corrected chi connectivity index (χ2v) is 10.6. The minimum Gasteiger partial charge on any atom is -0.455 e. The van der Waals surface area contributed by atoms with Crippen LogP contribution < -0.4 is 14.4 Å². The number of para-hydroxylation sites is 2. The number of carbonyl (C=O) groups excluding carboxylic acids is 1. The Kier molecular flexibility index (Phi) is 7.84. The first kappa shape index (κ1) is 25.6. The summed E-state index contributed by atoms with van der Waals surface area (Å²) in [5.74, 6) is 0.361. The van der Waals surface area contributed by atoms with Gasteiger partial charge in [0, 0.05) is 10.0 Å². The number of carbonyl (C=O) groups is 1. The fourth-order valence-electron chi connectivity index (χ4n) is 3.50. The number of nitrogens with one attached hydrogen (secondary N) is 1. The Morgan fingerprint density at radius 3 is 2.19 bits per heavy atom. The van der Waals surface area contributed by atoms with Crippen molar-refractivity contribution in [2.75, 3.05) is 16.2 Å². The first-order chi connectivity index (χ1) is 17.2. The summed E-state index contributed by atoms with van der Waals surface area (Å²) in [6, 6.07) is 26.6. The number of ether oxygens (including phenoxy) is 1. The Hall–Kier alpha value is -3.52. The summed E-state index contributed by atoms with van der Waals surface area (Å²) in [4.78, 5) is 13.2. The van der Waals surface area contributed by atoms with Crippen LogP contribution in [0.4, 0.5) is 11.4 Å². The summed E-state index contributed by atoms with van der Waals surface area (Å²) in [5.41, 5.74) is 1.39. The molecule has 184 valence electrons. The summed E-state index contributed by atoms with van der Waals surface area (Å²) in [7, 11) is -4.09. The van der Waals surface area contributed by atoms with Gasteiger partial charge >= 0.3 is 0 Å². The molecule has 0 saturated carbocycles. The number of nitrogens with zero attached hydrogens (tertiary/aromatic N) is 1.